The molecule has 204 valence electrons. The van der Waals surface area contributed by atoms with E-state index in [4.69, 9.17) is 5.11 Å². The maximum absolute atomic E-state index is 13.7. The summed E-state index contributed by atoms with van der Waals surface area (Å²) in [5.41, 5.74) is 3.15. The quantitative estimate of drug-likeness (QED) is 0.333. The maximum atomic E-state index is 13.7. The number of amides is 2. The van der Waals surface area contributed by atoms with E-state index in [1.807, 2.05) is 12.1 Å². The van der Waals surface area contributed by atoms with E-state index in [1.165, 1.54) is 11.0 Å². The van der Waals surface area contributed by atoms with E-state index < -0.39 is 22.8 Å². The van der Waals surface area contributed by atoms with Gasteiger partial charge < -0.3 is 19.9 Å². The van der Waals surface area contributed by atoms with Gasteiger partial charge in [-0.1, -0.05) is 51.1 Å². The molecule has 1 aliphatic rings. The second-order valence-corrected chi connectivity index (χ2v) is 10.6. The van der Waals surface area contributed by atoms with E-state index in [-0.39, 0.29) is 49.5 Å². The van der Waals surface area contributed by atoms with Gasteiger partial charge >= 0.3 is 5.97 Å². The Morgan fingerprint density at radius 2 is 1.82 bits per heavy atom. The predicted octanol–water partition coefficient (Wildman–Crippen LogP) is 3.30. The Labute approximate surface area is 225 Å². The minimum absolute atomic E-state index is 0.0154. The molecule has 1 atom stereocenters. The van der Waals surface area contributed by atoms with Crippen LogP contribution in [0.25, 0.3) is 0 Å². The van der Waals surface area contributed by atoms with Crippen LogP contribution in [0.1, 0.15) is 60.1 Å². The normalized spacial score (nSPS) is 14.9. The highest BCUT2D eigenvalue weighted by Gasteiger charge is 2.37. The van der Waals surface area contributed by atoms with Gasteiger partial charge in [-0.05, 0) is 23.1 Å². The van der Waals surface area contributed by atoms with Gasteiger partial charge in [-0.2, -0.15) is 0 Å². The highest BCUT2D eigenvalue weighted by Crippen LogP contribution is 2.28. The number of nitro benzene ring substituents is 1. The summed E-state index contributed by atoms with van der Waals surface area (Å²) in [4.78, 5) is 54.8. The Balaban J connectivity index is 1.65. The van der Waals surface area contributed by atoms with Crippen LogP contribution in [0.5, 0.6) is 0 Å². The summed E-state index contributed by atoms with van der Waals surface area (Å²) in [5.74, 6) is -1.85. The zero-order valence-electron chi connectivity index (χ0n) is 22.1. The number of carbonyl (C=O) groups excluding carboxylic acids is 2. The first-order valence-corrected chi connectivity index (χ1v) is 12.6. The molecular formula is C28H31N5O6. The number of aliphatic carboxylic acids is 1. The van der Waals surface area contributed by atoms with Crippen molar-refractivity contribution in [3.63, 3.8) is 0 Å². The minimum Gasteiger partial charge on any atom is -0.481 e. The summed E-state index contributed by atoms with van der Waals surface area (Å²) in [5, 5.41) is 23.1. The number of imidazole rings is 1. The van der Waals surface area contributed by atoms with Crippen molar-refractivity contribution in [1.29, 1.82) is 0 Å². The lowest BCUT2D eigenvalue weighted by molar-refractivity contribution is -0.385. The van der Waals surface area contributed by atoms with Gasteiger partial charge in [-0.3, -0.25) is 24.5 Å². The standard InChI is InChI=1S/C28H31N5O6/c1-28(2,3)20-10-8-18(9-11-20)27(37)32-16-24-21(14-23(32)26(36)29-13-12-25(34)35)30-17-31(24)15-19-6-4-5-7-22(19)33(38)39/h4-11,17,23H,12-16H2,1-3H3,(H,29,36)(H,34,35). The van der Waals surface area contributed by atoms with Crippen LogP contribution in [0.2, 0.25) is 0 Å². The van der Waals surface area contributed by atoms with Crippen molar-refractivity contribution < 1.29 is 24.4 Å². The molecule has 0 radical (unpaired) electrons. The van der Waals surface area contributed by atoms with Gasteiger partial charge in [0.25, 0.3) is 11.6 Å². The van der Waals surface area contributed by atoms with Gasteiger partial charge in [-0.25, -0.2) is 4.98 Å². The number of hydrogen-bond donors (Lipinski definition) is 2. The topological polar surface area (TPSA) is 148 Å². The number of aromatic nitrogens is 2. The molecule has 0 aliphatic carbocycles. The van der Waals surface area contributed by atoms with Crippen molar-refractivity contribution in [3.8, 4) is 0 Å². The number of para-hydroxylation sites is 1. The molecule has 2 amide bonds. The van der Waals surface area contributed by atoms with Crippen LogP contribution in [0.4, 0.5) is 5.69 Å². The number of carboxylic acid groups (broad SMARTS) is 1. The summed E-state index contributed by atoms with van der Waals surface area (Å²) in [6.45, 7) is 6.40. The third kappa shape index (κ3) is 6.14. The largest absolute Gasteiger partial charge is 0.481 e. The molecule has 1 unspecified atom stereocenters. The Morgan fingerprint density at radius 1 is 1.13 bits per heavy atom. The lowest BCUT2D eigenvalue weighted by atomic mass is 9.86. The Morgan fingerprint density at radius 3 is 2.46 bits per heavy atom. The first-order chi connectivity index (χ1) is 18.5. The molecular weight excluding hydrogens is 502 g/mol. The molecule has 2 N–H and O–H groups in total. The van der Waals surface area contributed by atoms with Crippen molar-refractivity contribution in [2.75, 3.05) is 6.54 Å². The van der Waals surface area contributed by atoms with Gasteiger partial charge in [0.1, 0.15) is 6.04 Å². The number of rotatable bonds is 8. The molecule has 2 aromatic carbocycles. The number of benzene rings is 2. The summed E-state index contributed by atoms with van der Waals surface area (Å²) in [7, 11) is 0. The zero-order valence-corrected chi connectivity index (χ0v) is 22.1. The van der Waals surface area contributed by atoms with Gasteiger partial charge in [-0.15, -0.1) is 0 Å². The minimum atomic E-state index is -1.04. The van der Waals surface area contributed by atoms with E-state index >= 15 is 0 Å². The molecule has 0 spiro atoms. The third-order valence-electron chi connectivity index (χ3n) is 6.84. The lowest BCUT2D eigenvalue weighted by Gasteiger charge is -2.35. The molecule has 11 nitrogen and oxygen atoms in total. The van der Waals surface area contributed by atoms with Crippen LogP contribution in [0.15, 0.2) is 54.9 Å². The second kappa shape index (κ2) is 11.1. The highest BCUT2D eigenvalue weighted by atomic mass is 16.6. The van der Waals surface area contributed by atoms with Crippen LogP contribution in [-0.2, 0) is 34.5 Å². The molecule has 39 heavy (non-hydrogen) atoms. The molecule has 2 heterocycles. The van der Waals surface area contributed by atoms with Crippen molar-refractivity contribution in [2.45, 2.75) is 58.2 Å². The Hall–Kier alpha value is -4.54. The number of carboxylic acids is 1. The van der Waals surface area contributed by atoms with E-state index in [0.717, 1.165) is 5.56 Å². The van der Waals surface area contributed by atoms with Gasteiger partial charge in [0.15, 0.2) is 0 Å². The average molecular weight is 534 g/mol. The average Bonchev–Trinajstić information content (AvgIpc) is 3.28. The van der Waals surface area contributed by atoms with Gasteiger partial charge in [0.2, 0.25) is 5.91 Å². The molecule has 11 heteroatoms. The Bertz CT molecular complexity index is 1410. The first-order valence-electron chi connectivity index (χ1n) is 12.6. The fraction of sp³-hybridized carbons (Fsp3) is 0.357. The van der Waals surface area contributed by atoms with Crippen LogP contribution < -0.4 is 5.32 Å². The molecule has 1 aliphatic heterocycles. The van der Waals surface area contributed by atoms with Gasteiger partial charge in [0, 0.05) is 30.2 Å². The van der Waals surface area contributed by atoms with E-state index in [1.54, 1.807) is 41.2 Å². The highest BCUT2D eigenvalue weighted by molar-refractivity contribution is 5.98. The van der Waals surface area contributed by atoms with Gasteiger partial charge in [0.05, 0.1) is 42.1 Å². The van der Waals surface area contributed by atoms with E-state index in [9.17, 15) is 24.5 Å². The van der Waals surface area contributed by atoms with Crippen LogP contribution in [-0.4, -0.2) is 54.9 Å². The van der Waals surface area contributed by atoms with Crippen LogP contribution >= 0.6 is 0 Å². The lowest BCUT2D eigenvalue weighted by Crippen LogP contribution is -2.53. The molecule has 0 fully saturated rings. The number of carbonyl (C=O) groups is 3. The smallest absolute Gasteiger partial charge is 0.305 e. The SMILES string of the molecule is CC(C)(C)c1ccc(C(=O)N2Cc3c(ncn3Cc3ccccc3[N+](=O)[O-])CC2C(=O)NCCC(=O)O)cc1. The van der Waals surface area contributed by atoms with Crippen molar-refractivity contribution in [2.24, 2.45) is 0 Å². The number of nitrogens with one attached hydrogen (secondary N) is 1. The fourth-order valence-electron chi connectivity index (χ4n) is 4.65. The summed E-state index contributed by atoms with van der Waals surface area (Å²) < 4.78 is 1.76. The zero-order chi connectivity index (χ0) is 28.3. The first kappa shape index (κ1) is 27.5. The number of hydrogen-bond acceptors (Lipinski definition) is 6. The number of nitrogens with zero attached hydrogens (tertiary/aromatic N) is 4. The Kier molecular flexibility index (Phi) is 7.80. The molecule has 1 aromatic heterocycles. The van der Waals surface area contributed by atoms with Crippen molar-refractivity contribution in [3.05, 3.63) is 93.1 Å². The second-order valence-electron chi connectivity index (χ2n) is 10.6. The van der Waals surface area contributed by atoms with Crippen molar-refractivity contribution in [1.82, 2.24) is 19.8 Å². The number of fused-ring (bicyclic) bond motifs is 1. The molecule has 0 saturated carbocycles. The van der Waals surface area contributed by atoms with Crippen molar-refractivity contribution >= 4 is 23.5 Å². The molecule has 0 saturated heterocycles. The summed E-state index contributed by atoms with van der Waals surface area (Å²) in [6, 6.07) is 12.8. The van der Waals surface area contributed by atoms with E-state index in [0.29, 0.717) is 22.5 Å². The molecule has 4 rings (SSSR count). The summed E-state index contributed by atoms with van der Waals surface area (Å²) >= 11 is 0. The number of nitro groups is 1. The maximum Gasteiger partial charge on any atom is 0.305 e. The molecule has 0 bridgehead atoms. The predicted molar refractivity (Wildman–Crippen MR) is 142 cm³/mol. The molecule has 3 aromatic rings. The van der Waals surface area contributed by atoms with Crippen LogP contribution in [0, 0.1) is 10.1 Å². The fourth-order valence-corrected chi connectivity index (χ4v) is 4.65. The third-order valence-corrected chi connectivity index (χ3v) is 6.84. The summed E-state index contributed by atoms with van der Waals surface area (Å²) in [6.07, 6.45) is 1.45. The van der Waals surface area contributed by atoms with E-state index in [2.05, 4.69) is 31.1 Å². The monoisotopic (exact) mass is 533 g/mol. The van der Waals surface area contributed by atoms with Crippen LogP contribution in [0.3, 0.4) is 0 Å².